The molecule has 0 fully saturated rings. The van der Waals surface area contributed by atoms with E-state index in [2.05, 4.69) is 41.0 Å². The molecule has 110 valence electrons. The molecule has 0 bridgehead atoms. The fourth-order valence-electron chi connectivity index (χ4n) is 2.06. The first kappa shape index (κ1) is 14.3. The van der Waals surface area contributed by atoms with Crippen molar-refractivity contribution in [1.29, 1.82) is 0 Å². The minimum absolute atomic E-state index is 0.641. The van der Waals surface area contributed by atoms with Crippen LogP contribution in [0.4, 0.5) is 5.82 Å². The molecule has 0 saturated carbocycles. The van der Waals surface area contributed by atoms with Crippen LogP contribution in [0.1, 0.15) is 23.2 Å². The molecule has 0 radical (unpaired) electrons. The Morgan fingerprint density at radius 1 is 1.33 bits per heavy atom. The van der Waals surface area contributed by atoms with Gasteiger partial charge in [-0.25, -0.2) is 15.0 Å². The Labute approximate surface area is 131 Å². The fourth-order valence-corrected chi connectivity index (χ4v) is 3.75. The second-order valence-corrected chi connectivity index (χ2v) is 6.70. The quantitative estimate of drug-likeness (QED) is 0.716. The van der Waals surface area contributed by atoms with Crippen molar-refractivity contribution >= 4 is 39.1 Å². The highest BCUT2D eigenvalue weighted by atomic mass is 32.2. The number of fused-ring (bicyclic) bond motifs is 1. The number of rotatable bonds is 5. The van der Waals surface area contributed by atoms with E-state index in [9.17, 15) is 0 Å². The molecule has 0 aromatic carbocycles. The Morgan fingerprint density at radius 2 is 2.19 bits per heavy atom. The van der Waals surface area contributed by atoms with Gasteiger partial charge in [0.25, 0.3) is 5.22 Å². The first-order valence-electron chi connectivity index (χ1n) is 6.71. The van der Waals surface area contributed by atoms with E-state index in [-0.39, 0.29) is 0 Å². The number of nitrogens with zero attached hydrogens (tertiary/aromatic N) is 3. The van der Waals surface area contributed by atoms with Gasteiger partial charge in [-0.2, -0.15) is 0 Å². The highest BCUT2D eigenvalue weighted by Gasteiger charge is 2.14. The van der Waals surface area contributed by atoms with Gasteiger partial charge in [-0.3, -0.25) is 0 Å². The zero-order valence-corrected chi connectivity index (χ0v) is 13.8. The Hall–Kier alpha value is -1.60. The largest absolute Gasteiger partial charge is 0.440 e. The molecule has 3 aromatic heterocycles. The molecular weight excluding hydrogens is 304 g/mol. The van der Waals surface area contributed by atoms with Crippen molar-refractivity contribution in [3.05, 3.63) is 28.7 Å². The lowest BCUT2D eigenvalue weighted by atomic mass is 10.2. The van der Waals surface area contributed by atoms with Gasteiger partial charge in [0.05, 0.1) is 17.3 Å². The summed E-state index contributed by atoms with van der Waals surface area (Å²) in [6.45, 7) is 7.16. The number of oxazole rings is 1. The van der Waals surface area contributed by atoms with Crippen LogP contribution in [0.5, 0.6) is 0 Å². The average Bonchev–Trinajstić information content (AvgIpc) is 3.06. The minimum Gasteiger partial charge on any atom is -0.440 e. The lowest BCUT2D eigenvalue weighted by Crippen LogP contribution is -2.03. The van der Waals surface area contributed by atoms with E-state index in [1.54, 1.807) is 23.8 Å². The molecule has 0 unspecified atom stereocenters. The van der Waals surface area contributed by atoms with Gasteiger partial charge in [0.1, 0.15) is 22.7 Å². The molecule has 0 aliphatic heterocycles. The molecule has 1 N–H and O–H groups in total. The molecule has 3 rings (SSSR count). The van der Waals surface area contributed by atoms with Crippen LogP contribution < -0.4 is 5.32 Å². The monoisotopic (exact) mass is 320 g/mol. The number of thiophene rings is 1. The first-order chi connectivity index (χ1) is 10.2. The summed E-state index contributed by atoms with van der Waals surface area (Å²) in [4.78, 5) is 15.8. The molecule has 3 heterocycles. The van der Waals surface area contributed by atoms with E-state index in [0.717, 1.165) is 28.4 Å². The molecule has 0 amide bonds. The van der Waals surface area contributed by atoms with Crippen molar-refractivity contribution in [1.82, 2.24) is 15.0 Å². The van der Waals surface area contributed by atoms with Crippen molar-refractivity contribution in [2.75, 3.05) is 11.9 Å². The third-order valence-electron chi connectivity index (χ3n) is 3.15. The molecule has 0 aliphatic carbocycles. The minimum atomic E-state index is 0.641. The SMILES string of the molecule is CCNc1nc(CSc2ncco2)nc2sc(C)c(C)c12. The van der Waals surface area contributed by atoms with Crippen LogP contribution in [0, 0.1) is 13.8 Å². The lowest BCUT2D eigenvalue weighted by molar-refractivity contribution is 0.454. The molecular formula is C14H16N4OS2. The summed E-state index contributed by atoms with van der Waals surface area (Å²) in [6.07, 6.45) is 3.21. The zero-order valence-electron chi connectivity index (χ0n) is 12.1. The predicted octanol–water partition coefficient (Wildman–Crippen LogP) is 4.02. The normalized spacial score (nSPS) is 11.2. The Morgan fingerprint density at radius 3 is 2.90 bits per heavy atom. The molecule has 0 atom stereocenters. The van der Waals surface area contributed by atoms with Crippen LogP contribution in [-0.4, -0.2) is 21.5 Å². The molecule has 21 heavy (non-hydrogen) atoms. The summed E-state index contributed by atoms with van der Waals surface area (Å²) in [7, 11) is 0. The average molecular weight is 320 g/mol. The van der Waals surface area contributed by atoms with Gasteiger partial charge in [0.15, 0.2) is 0 Å². The van der Waals surface area contributed by atoms with E-state index in [1.807, 2.05) is 0 Å². The number of thioether (sulfide) groups is 1. The summed E-state index contributed by atoms with van der Waals surface area (Å²) >= 11 is 3.22. The number of hydrogen-bond donors (Lipinski definition) is 1. The van der Waals surface area contributed by atoms with Gasteiger partial charge < -0.3 is 9.73 Å². The molecule has 0 aliphatic rings. The highest BCUT2D eigenvalue weighted by Crippen LogP contribution is 2.34. The van der Waals surface area contributed by atoms with Gasteiger partial charge >= 0.3 is 0 Å². The summed E-state index contributed by atoms with van der Waals surface area (Å²) in [6, 6.07) is 0. The van der Waals surface area contributed by atoms with Crippen LogP contribution in [0.3, 0.4) is 0 Å². The summed E-state index contributed by atoms with van der Waals surface area (Å²) in [5.41, 5.74) is 1.26. The molecule has 0 saturated heterocycles. The van der Waals surface area contributed by atoms with Crippen molar-refractivity contribution in [2.45, 2.75) is 31.7 Å². The van der Waals surface area contributed by atoms with Crippen LogP contribution in [0.25, 0.3) is 10.2 Å². The van der Waals surface area contributed by atoms with Crippen molar-refractivity contribution in [2.24, 2.45) is 0 Å². The smallest absolute Gasteiger partial charge is 0.255 e. The van der Waals surface area contributed by atoms with Gasteiger partial charge in [0.2, 0.25) is 0 Å². The fraction of sp³-hybridized carbons (Fsp3) is 0.357. The summed E-state index contributed by atoms with van der Waals surface area (Å²) in [5, 5.41) is 5.13. The topological polar surface area (TPSA) is 63.8 Å². The number of aromatic nitrogens is 3. The van der Waals surface area contributed by atoms with Crippen molar-refractivity contribution in [3.8, 4) is 0 Å². The predicted molar refractivity (Wildman–Crippen MR) is 87.1 cm³/mol. The standard InChI is InChI=1S/C14H16N4OS2/c1-4-15-12-11-8(2)9(3)21-13(11)18-10(17-12)7-20-14-16-5-6-19-14/h5-6H,4,7H2,1-3H3,(H,15,17,18). The second-order valence-electron chi connectivity index (χ2n) is 4.57. The maximum Gasteiger partial charge on any atom is 0.255 e. The van der Waals surface area contributed by atoms with Crippen LogP contribution in [0.15, 0.2) is 22.1 Å². The second kappa shape index (κ2) is 6.03. The number of nitrogens with one attached hydrogen (secondary N) is 1. The van der Waals surface area contributed by atoms with Gasteiger partial charge in [-0.15, -0.1) is 11.3 Å². The highest BCUT2D eigenvalue weighted by molar-refractivity contribution is 7.98. The Kier molecular flexibility index (Phi) is 4.12. The third-order valence-corrected chi connectivity index (χ3v) is 5.11. The van der Waals surface area contributed by atoms with Gasteiger partial charge in [-0.05, 0) is 26.3 Å². The van der Waals surface area contributed by atoms with E-state index >= 15 is 0 Å². The van der Waals surface area contributed by atoms with E-state index in [0.29, 0.717) is 11.0 Å². The molecule has 0 spiro atoms. The van der Waals surface area contributed by atoms with E-state index < -0.39 is 0 Å². The van der Waals surface area contributed by atoms with Crippen molar-refractivity contribution in [3.63, 3.8) is 0 Å². The van der Waals surface area contributed by atoms with Crippen LogP contribution in [0.2, 0.25) is 0 Å². The Balaban J connectivity index is 1.95. The number of aryl methyl sites for hydroxylation is 2. The summed E-state index contributed by atoms with van der Waals surface area (Å²) in [5.74, 6) is 2.36. The lowest BCUT2D eigenvalue weighted by Gasteiger charge is -2.07. The number of hydrogen-bond acceptors (Lipinski definition) is 7. The zero-order chi connectivity index (χ0) is 14.8. The third kappa shape index (κ3) is 2.89. The van der Waals surface area contributed by atoms with E-state index in [4.69, 9.17) is 4.42 Å². The Bertz CT molecular complexity index is 752. The number of anilines is 1. The summed E-state index contributed by atoms with van der Waals surface area (Å²) < 4.78 is 5.23. The maximum atomic E-state index is 5.23. The van der Waals surface area contributed by atoms with Crippen molar-refractivity contribution < 1.29 is 4.42 Å². The van der Waals surface area contributed by atoms with Gasteiger partial charge in [0, 0.05) is 11.4 Å². The van der Waals surface area contributed by atoms with Gasteiger partial charge in [-0.1, -0.05) is 11.8 Å². The van der Waals surface area contributed by atoms with E-state index in [1.165, 1.54) is 22.2 Å². The molecule has 5 nitrogen and oxygen atoms in total. The maximum absolute atomic E-state index is 5.23. The molecule has 3 aromatic rings. The first-order valence-corrected chi connectivity index (χ1v) is 8.52. The molecule has 7 heteroatoms. The van der Waals surface area contributed by atoms with Crippen LogP contribution in [-0.2, 0) is 5.75 Å². The van der Waals surface area contributed by atoms with Crippen LogP contribution >= 0.6 is 23.1 Å².